The summed E-state index contributed by atoms with van der Waals surface area (Å²) in [6, 6.07) is 5.95. The Bertz CT molecular complexity index is 345. The molecule has 1 aromatic carbocycles. The third kappa shape index (κ3) is 3.65. The van der Waals surface area contributed by atoms with Crippen molar-refractivity contribution in [1.82, 2.24) is 0 Å². The third-order valence-electron chi connectivity index (χ3n) is 2.52. The molecule has 0 unspecified atom stereocenters. The minimum Gasteiger partial charge on any atom is -0.316 e. The lowest BCUT2D eigenvalue weighted by Gasteiger charge is -2.17. The largest absolute Gasteiger partial charge is 0.316 e. The highest BCUT2D eigenvalue weighted by Crippen LogP contribution is 2.15. The number of rotatable bonds is 4. The van der Waals surface area contributed by atoms with Crippen molar-refractivity contribution in [3.05, 3.63) is 30.1 Å². The molecule has 3 heteroatoms. The molecule has 0 fully saturated rings. The highest BCUT2D eigenvalue weighted by atomic mass is 19.1. The number of hydrogen-bond acceptors (Lipinski definition) is 1. The molecule has 0 N–H and O–H groups in total. The number of anilines is 1. The summed E-state index contributed by atoms with van der Waals surface area (Å²) in [7, 11) is 1.72. The minimum atomic E-state index is -0.285. The van der Waals surface area contributed by atoms with Crippen molar-refractivity contribution in [2.75, 3.05) is 11.9 Å². The Labute approximate surface area is 96.1 Å². The number of benzene rings is 1. The van der Waals surface area contributed by atoms with Crippen molar-refractivity contribution < 1.29 is 9.18 Å². The first-order valence-corrected chi connectivity index (χ1v) is 5.53. The average Bonchev–Trinajstić information content (AvgIpc) is 2.26. The van der Waals surface area contributed by atoms with Gasteiger partial charge in [0.15, 0.2) is 0 Å². The number of carbonyl (C=O) groups excluding carboxylic acids is 1. The van der Waals surface area contributed by atoms with Crippen LogP contribution in [-0.4, -0.2) is 13.0 Å². The van der Waals surface area contributed by atoms with Crippen LogP contribution in [-0.2, 0) is 4.79 Å². The molecule has 1 aromatic rings. The van der Waals surface area contributed by atoms with E-state index >= 15 is 0 Å². The van der Waals surface area contributed by atoms with E-state index in [1.54, 1.807) is 24.1 Å². The first kappa shape index (κ1) is 12.7. The van der Waals surface area contributed by atoms with Gasteiger partial charge in [-0.15, -0.1) is 0 Å². The van der Waals surface area contributed by atoms with Gasteiger partial charge >= 0.3 is 0 Å². The maximum absolute atomic E-state index is 12.7. The molecule has 0 spiro atoms. The first-order chi connectivity index (χ1) is 7.50. The molecule has 88 valence electrons. The molecular weight excluding hydrogens is 205 g/mol. The number of hydrogen-bond donors (Lipinski definition) is 0. The van der Waals surface area contributed by atoms with E-state index in [2.05, 4.69) is 13.8 Å². The van der Waals surface area contributed by atoms with Crippen molar-refractivity contribution in [3.8, 4) is 0 Å². The van der Waals surface area contributed by atoms with Gasteiger partial charge in [-0.25, -0.2) is 4.39 Å². The van der Waals surface area contributed by atoms with Crippen LogP contribution in [0.5, 0.6) is 0 Å². The van der Waals surface area contributed by atoms with Crippen molar-refractivity contribution in [2.24, 2.45) is 5.92 Å². The van der Waals surface area contributed by atoms with Crippen molar-refractivity contribution >= 4 is 11.6 Å². The standard InChI is InChI=1S/C13H18FNO/c1-10(2)4-9-13(16)15(3)12-7-5-11(14)6-8-12/h5-8,10H,4,9H2,1-3H3. The zero-order chi connectivity index (χ0) is 12.1. The van der Waals surface area contributed by atoms with Crippen molar-refractivity contribution in [3.63, 3.8) is 0 Å². The normalized spacial score (nSPS) is 10.6. The summed E-state index contributed by atoms with van der Waals surface area (Å²) in [6.07, 6.45) is 1.41. The Hall–Kier alpha value is -1.38. The summed E-state index contributed by atoms with van der Waals surface area (Å²) >= 11 is 0. The molecular formula is C13H18FNO. The van der Waals surface area contributed by atoms with Crippen LogP contribution in [0.3, 0.4) is 0 Å². The maximum atomic E-state index is 12.7. The average molecular weight is 223 g/mol. The Morgan fingerprint density at radius 2 is 1.88 bits per heavy atom. The topological polar surface area (TPSA) is 20.3 Å². The molecule has 0 aliphatic rings. The van der Waals surface area contributed by atoms with Gasteiger partial charge in [0.1, 0.15) is 5.82 Å². The molecule has 0 saturated heterocycles. The monoisotopic (exact) mass is 223 g/mol. The molecule has 0 aliphatic heterocycles. The Morgan fingerprint density at radius 3 is 2.38 bits per heavy atom. The highest BCUT2D eigenvalue weighted by Gasteiger charge is 2.11. The molecule has 0 heterocycles. The van der Waals surface area contributed by atoms with Gasteiger partial charge in [0.25, 0.3) is 0 Å². The van der Waals surface area contributed by atoms with E-state index in [0.717, 1.165) is 12.1 Å². The number of halogens is 1. The Balaban J connectivity index is 2.59. The first-order valence-electron chi connectivity index (χ1n) is 5.53. The van der Waals surface area contributed by atoms with Crippen LogP contribution in [0.25, 0.3) is 0 Å². The van der Waals surface area contributed by atoms with Crippen LogP contribution in [0.1, 0.15) is 26.7 Å². The molecule has 0 radical (unpaired) electrons. The van der Waals surface area contributed by atoms with E-state index in [0.29, 0.717) is 12.3 Å². The van der Waals surface area contributed by atoms with Crippen molar-refractivity contribution in [2.45, 2.75) is 26.7 Å². The van der Waals surface area contributed by atoms with Crippen LogP contribution in [0.15, 0.2) is 24.3 Å². The van der Waals surface area contributed by atoms with Gasteiger partial charge in [0, 0.05) is 19.2 Å². The lowest BCUT2D eigenvalue weighted by Crippen LogP contribution is -2.26. The molecule has 16 heavy (non-hydrogen) atoms. The van der Waals surface area contributed by atoms with Gasteiger partial charge in [-0.1, -0.05) is 13.8 Å². The summed E-state index contributed by atoms with van der Waals surface area (Å²) in [5, 5.41) is 0. The molecule has 0 aromatic heterocycles. The molecule has 0 saturated carbocycles. The van der Waals surface area contributed by atoms with Gasteiger partial charge in [0.2, 0.25) is 5.91 Å². The van der Waals surface area contributed by atoms with Crippen LogP contribution >= 0.6 is 0 Å². The fourth-order valence-electron chi connectivity index (χ4n) is 1.39. The third-order valence-corrected chi connectivity index (χ3v) is 2.52. The summed E-state index contributed by atoms with van der Waals surface area (Å²) in [4.78, 5) is 13.3. The van der Waals surface area contributed by atoms with Crippen LogP contribution in [0, 0.1) is 11.7 Å². The summed E-state index contributed by atoms with van der Waals surface area (Å²) in [5.41, 5.74) is 0.732. The predicted octanol–water partition coefficient (Wildman–Crippen LogP) is 3.22. The van der Waals surface area contributed by atoms with E-state index in [1.807, 2.05) is 0 Å². The molecule has 1 amide bonds. The van der Waals surface area contributed by atoms with E-state index in [4.69, 9.17) is 0 Å². The van der Waals surface area contributed by atoms with E-state index < -0.39 is 0 Å². The van der Waals surface area contributed by atoms with Crippen LogP contribution in [0.4, 0.5) is 10.1 Å². The molecule has 0 atom stereocenters. The highest BCUT2D eigenvalue weighted by molar-refractivity contribution is 5.92. The second kappa shape index (κ2) is 5.64. The van der Waals surface area contributed by atoms with E-state index in [1.165, 1.54) is 12.1 Å². The lowest BCUT2D eigenvalue weighted by atomic mass is 10.1. The summed E-state index contributed by atoms with van der Waals surface area (Å²) < 4.78 is 12.7. The van der Waals surface area contributed by atoms with Gasteiger partial charge < -0.3 is 4.90 Å². The van der Waals surface area contributed by atoms with Gasteiger partial charge in [-0.2, -0.15) is 0 Å². The quantitative estimate of drug-likeness (QED) is 0.767. The second-order valence-corrected chi connectivity index (χ2v) is 4.36. The van der Waals surface area contributed by atoms with Gasteiger partial charge in [-0.3, -0.25) is 4.79 Å². The summed E-state index contributed by atoms with van der Waals surface area (Å²) in [5.74, 6) is 0.303. The number of nitrogens with zero attached hydrogens (tertiary/aromatic N) is 1. The Morgan fingerprint density at radius 1 is 1.31 bits per heavy atom. The maximum Gasteiger partial charge on any atom is 0.226 e. The lowest BCUT2D eigenvalue weighted by molar-refractivity contribution is -0.118. The zero-order valence-electron chi connectivity index (χ0n) is 10.0. The number of carbonyl (C=O) groups is 1. The van der Waals surface area contributed by atoms with E-state index in [9.17, 15) is 9.18 Å². The molecule has 1 rings (SSSR count). The second-order valence-electron chi connectivity index (χ2n) is 4.36. The van der Waals surface area contributed by atoms with E-state index in [-0.39, 0.29) is 11.7 Å². The zero-order valence-corrected chi connectivity index (χ0v) is 10.0. The smallest absolute Gasteiger partial charge is 0.226 e. The fraction of sp³-hybridized carbons (Fsp3) is 0.462. The minimum absolute atomic E-state index is 0.0697. The van der Waals surface area contributed by atoms with Crippen molar-refractivity contribution in [1.29, 1.82) is 0 Å². The Kier molecular flexibility index (Phi) is 4.47. The van der Waals surface area contributed by atoms with Gasteiger partial charge in [-0.05, 0) is 36.6 Å². The van der Waals surface area contributed by atoms with Crippen LogP contribution in [0.2, 0.25) is 0 Å². The fourth-order valence-corrected chi connectivity index (χ4v) is 1.39. The van der Waals surface area contributed by atoms with Gasteiger partial charge in [0.05, 0.1) is 0 Å². The van der Waals surface area contributed by atoms with Crippen LogP contribution < -0.4 is 4.90 Å². The molecule has 0 bridgehead atoms. The predicted molar refractivity (Wildman–Crippen MR) is 63.9 cm³/mol. The SMILES string of the molecule is CC(C)CCC(=O)N(C)c1ccc(F)cc1. The molecule has 0 aliphatic carbocycles. The number of amides is 1. The summed E-state index contributed by atoms with van der Waals surface area (Å²) in [6.45, 7) is 4.18. The molecule has 2 nitrogen and oxygen atoms in total.